The molecule has 140 valence electrons. The molecule has 2 heterocycles. The molecule has 0 unspecified atom stereocenters. The van der Waals surface area contributed by atoms with Crippen molar-refractivity contribution < 1.29 is 13.9 Å². The zero-order chi connectivity index (χ0) is 19.5. The minimum absolute atomic E-state index is 0.0936. The van der Waals surface area contributed by atoms with Crippen molar-refractivity contribution in [2.24, 2.45) is 0 Å². The molecule has 4 rings (SSSR count). The Morgan fingerprint density at radius 2 is 1.79 bits per heavy atom. The average Bonchev–Trinajstić information content (AvgIpc) is 3.34. The smallest absolute Gasteiger partial charge is 0.342 e. The molecule has 0 atom stereocenters. The number of esters is 1. The van der Waals surface area contributed by atoms with Crippen LogP contribution in [0.1, 0.15) is 27.7 Å². The van der Waals surface area contributed by atoms with E-state index in [9.17, 15) is 4.79 Å². The number of carbonyl (C=O) groups is 1. The van der Waals surface area contributed by atoms with Gasteiger partial charge in [-0.1, -0.05) is 48.0 Å². The van der Waals surface area contributed by atoms with Crippen LogP contribution in [0, 0.1) is 13.8 Å². The molecular weight excluding hydrogens is 356 g/mol. The zero-order valence-electron chi connectivity index (χ0n) is 15.5. The van der Waals surface area contributed by atoms with Crippen LogP contribution in [0.4, 0.5) is 0 Å². The van der Waals surface area contributed by atoms with E-state index in [-0.39, 0.29) is 12.5 Å². The third kappa shape index (κ3) is 3.68. The first-order valence-electron chi connectivity index (χ1n) is 8.78. The molecular formula is C21H18N4O3. The number of aryl methyl sites for hydroxylation is 2. The standard InChI is InChI=1S/C21H18N4O3/c1-14-8-10-17(11-9-14)25-12-18(20(24-25)16-6-4-3-5-7-16)21(26)27-13-19-23-22-15(2)28-19/h3-12H,13H2,1-2H3. The van der Waals surface area contributed by atoms with Gasteiger partial charge in [-0.15, -0.1) is 10.2 Å². The van der Waals surface area contributed by atoms with E-state index in [1.165, 1.54) is 0 Å². The second kappa shape index (κ2) is 7.48. The van der Waals surface area contributed by atoms with Gasteiger partial charge in [0.2, 0.25) is 5.89 Å². The van der Waals surface area contributed by atoms with Crippen molar-refractivity contribution in [2.45, 2.75) is 20.5 Å². The lowest BCUT2D eigenvalue weighted by Gasteiger charge is -2.02. The zero-order valence-corrected chi connectivity index (χ0v) is 15.5. The van der Waals surface area contributed by atoms with E-state index in [2.05, 4.69) is 15.3 Å². The molecule has 7 heteroatoms. The van der Waals surface area contributed by atoms with Crippen molar-refractivity contribution in [3.05, 3.63) is 83.7 Å². The second-order valence-corrected chi connectivity index (χ2v) is 6.33. The topological polar surface area (TPSA) is 83.0 Å². The normalized spacial score (nSPS) is 10.8. The van der Waals surface area contributed by atoms with Crippen molar-refractivity contribution in [1.82, 2.24) is 20.0 Å². The van der Waals surface area contributed by atoms with Crippen LogP contribution in [0.5, 0.6) is 0 Å². The molecule has 0 aliphatic heterocycles. The van der Waals surface area contributed by atoms with Gasteiger partial charge in [0.1, 0.15) is 11.3 Å². The summed E-state index contributed by atoms with van der Waals surface area (Å²) >= 11 is 0. The van der Waals surface area contributed by atoms with Crippen molar-refractivity contribution in [3.63, 3.8) is 0 Å². The van der Waals surface area contributed by atoms with Crippen molar-refractivity contribution in [1.29, 1.82) is 0 Å². The van der Waals surface area contributed by atoms with Gasteiger partial charge in [-0.25, -0.2) is 9.48 Å². The summed E-state index contributed by atoms with van der Waals surface area (Å²) in [5.41, 5.74) is 3.74. The Balaban J connectivity index is 1.67. The highest BCUT2D eigenvalue weighted by Gasteiger charge is 2.20. The summed E-state index contributed by atoms with van der Waals surface area (Å²) in [6.07, 6.45) is 1.67. The largest absolute Gasteiger partial charge is 0.452 e. The van der Waals surface area contributed by atoms with Gasteiger partial charge in [0, 0.05) is 18.7 Å². The van der Waals surface area contributed by atoms with E-state index in [0.717, 1.165) is 16.8 Å². The first-order valence-corrected chi connectivity index (χ1v) is 8.78. The molecule has 0 aliphatic rings. The quantitative estimate of drug-likeness (QED) is 0.493. The summed E-state index contributed by atoms with van der Waals surface area (Å²) in [5, 5.41) is 12.2. The van der Waals surface area contributed by atoms with Gasteiger partial charge in [-0.3, -0.25) is 0 Å². The van der Waals surface area contributed by atoms with Crippen molar-refractivity contribution >= 4 is 5.97 Å². The second-order valence-electron chi connectivity index (χ2n) is 6.33. The number of nitrogens with zero attached hydrogens (tertiary/aromatic N) is 4. The summed E-state index contributed by atoms with van der Waals surface area (Å²) in [4.78, 5) is 12.8. The van der Waals surface area contributed by atoms with Crippen LogP contribution >= 0.6 is 0 Å². The lowest BCUT2D eigenvalue weighted by atomic mass is 10.1. The van der Waals surface area contributed by atoms with Crippen LogP contribution in [0.2, 0.25) is 0 Å². The number of hydrogen-bond acceptors (Lipinski definition) is 6. The first kappa shape index (κ1) is 17.7. The summed E-state index contributed by atoms with van der Waals surface area (Å²) in [6, 6.07) is 17.4. The maximum atomic E-state index is 12.8. The maximum Gasteiger partial charge on any atom is 0.342 e. The number of hydrogen-bond donors (Lipinski definition) is 0. The third-order valence-corrected chi connectivity index (χ3v) is 4.17. The molecule has 0 fully saturated rings. The molecule has 0 saturated carbocycles. The number of rotatable bonds is 5. The van der Waals surface area contributed by atoms with Crippen LogP contribution in [0.3, 0.4) is 0 Å². The molecule has 0 radical (unpaired) electrons. The number of benzene rings is 2. The molecule has 0 bridgehead atoms. The SMILES string of the molecule is Cc1ccc(-n2cc(C(=O)OCc3nnc(C)o3)c(-c3ccccc3)n2)cc1. The van der Waals surface area contributed by atoms with E-state index in [4.69, 9.17) is 9.15 Å². The van der Waals surface area contributed by atoms with E-state index >= 15 is 0 Å². The van der Waals surface area contributed by atoms with Crippen LogP contribution in [-0.4, -0.2) is 25.9 Å². The maximum absolute atomic E-state index is 12.8. The average molecular weight is 374 g/mol. The fourth-order valence-electron chi connectivity index (χ4n) is 2.76. The summed E-state index contributed by atoms with van der Waals surface area (Å²) < 4.78 is 12.3. The van der Waals surface area contributed by atoms with Crippen molar-refractivity contribution in [2.75, 3.05) is 0 Å². The summed E-state index contributed by atoms with van der Waals surface area (Å²) in [5.74, 6) is 0.161. The number of carbonyl (C=O) groups excluding carboxylic acids is 1. The predicted molar refractivity (Wildman–Crippen MR) is 102 cm³/mol. The van der Waals surface area contributed by atoms with E-state index in [1.54, 1.807) is 17.8 Å². The lowest BCUT2D eigenvalue weighted by Crippen LogP contribution is -2.06. The van der Waals surface area contributed by atoms with E-state index in [0.29, 0.717) is 17.1 Å². The van der Waals surface area contributed by atoms with E-state index < -0.39 is 5.97 Å². The fraction of sp³-hybridized carbons (Fsp3) is 0.143. The highest BCUT2D eigenvalue weighted by molar-refractivity contribution is 5.96. The van der Waals surface area contributed by atoms with Gasteiger partial charge < -0.3 is 9.15 Å². The Labute approximate surface area is 161 Å². The molecule has 7 nitrogen and oxygen atoms in total. The Bertz CT molecular complexity index is 1100. The fourth-order valence-corrected chi connectivity index (χ4v) is 2.76. The monoisotopic (exact) mass is 374 g/mol. The minimum Gasteiger partial charge on any atom is -0.452 e. The molecule has 0 N–H and O–H groups in total. The molecule has 4 aromatic rings. The highest BCUT2D eigenvalue weighted by Crippen LogP contribution is 2.24. The van der Waals surface area contributed by atoms with Gasteiger partial charge in [0.25, 0.3) is 5.89 Å². The number of ether oxygens (including phenoxy) is 1. The summed E-state index contributed by atoms with van der Waals surface area (Å²) in [7, 11) is 0. The molecule has 28 heavy (non-hydrogen) atoms. The minimum atomic E-state index is -0.506. The third-order valence-electron chi connectivity index (χ3n) is 4.17. The molecule has 0 aliphatic carbocycles. The lowest BCUT2D eigenvalue weighted by molar-refractivity contribution is 0.0437. The van der Waals surface area contributed by atoms with Gasteiger partial charge in [0.05, 0.1) is 5.69 Å². The van der Waals surface area contributed by atoms with Crippen LogP contribution in [-0.2, 0) is 11.3 Å². The molecule has 0 saturated heterocycles. The molecule has 2 aromatic carbocycles. The highest BCUT2D eigenvalue weighted by atomic mass is 16.5. The Hall–Kier alpha value is -3.74. The van der Waals surface area contributed by atoms with Gasteiger partial charge in [-0.2, -0.15) is 5.10 Å². The van der Waals surface area contributed by atoms with Gasteiger partial charge >= 0.3 is 5.97 Å². The van der Waals surface area contributed by atoms with Crippen molar-refractivity contribution in [3.8, 4) is 16.9 Å². The molecule has 2 aromatic heterocycles. The predicted octanol–water partition coefficient (Wildman–Crippen LogP) is 3.90. The Kier molecular flexibility index (Phi) is 4.72. The molecule has 0 spiro atoms. The Morgan fingerprint density at radius 1 is 1.04 bits per heavy atom. The number of aromatic nitrogens is 4. The van der Waals surface area contributed by atoms with Crippen LogP contribution in [0.25, 0.3) is 16.9 Å². The summed E-state index contributed by atoms with van der Waals surface area (Å²) in [6.45, 7) is 3.60. The van der Waals surface area contributed by atoms with Gasteiger partial charge in [-0.05, 0) is 19.1 Å². The van der Waals surface area contributed by atoms with Crippen LogP contribution < -0.4 is 0 Å². The Morgan fingerprint density at radius 3 is 2.46 bits per heavy atom. The van der Waals surface area contributed by atoms with Crippen LogP contribution in [0.15, 0.2) is 65.2 Å². The van der Waals surface area contributed by atoms with Gasteiger partial charge in [0.15, 0.2) is 6.61 Å². The first-order chi connectivity index (χ1) is 13.6. The van der Waals surface area contributed by atoms with E-state index in [1.807, 2.05) is 61.5 Å². The molecule has 0 amide bonds.